The molecule has 0 saturated carbocycles. The number of benzene rings is 3. The van der Waals surface area contributed by atoms with E-state index in [0.717, 1.165) is 36.8 Å². The molecule has 0 aromatic heterocycles. The zero-order valence-corrected chi connectivity index (χ0v) is 21.5. The summed E-state index contributed by atoms with van der Waals surface area (Å²) in [5, 5.41) is 27.0. The number of hydrogen-bond donors (Lipinski definition) is 4. The number of hydrogen-bond acceptors (Lipinski definition) is 4. The molecule has 0 heterocycles. The first-order chi connectivity index (χ1) is 17.3. The van der Waals surface area contributed by atoms with Crippen molar-refractivity contribution in [2.24, 2.45) is 0 Å². The molecule has 3 aromatic rings. The van der Waals surface area contributed by atoms with Crippen LogP contribution in [0.25, 0.3) is 0 Å². The highest BCUT2D eigenvalue weighted by Gasteiger charge is 2.19. The maximum absolute atomic E-state index is 12.9. The molecule has 3 rings (SSSR count). The van der Waals surface area contributed by atoms with Crippen LogP contribution in [0, 0.1) is 0 Å². The molecule has 2 unspecified atom stereocenters. The number of para-hydroxylation sites is 2. The summed E-state index contributed by atoms with van der Waals surface area (Å²) in [6, 6.07) is 17.2. The average Bonchev–Trinajstić information content (AvgIpc) is 2.84. The lowest BCUT2D eigenvalue weighted by Gasteiger charge is -2.16. The number of nitrogens with one attached hydrogen (secondary N) is 2. The summed E-state index contributed by atoms with van der Waals surface area (Å²) < 4.78 is 0. The lowest BCUT2D eigenvalue weighted by Crippen LogP contribution is -2.15. The van der Waals surface area contributed by atoms with Crippen molar-refractivity contribution in [1.82, 2.24) is 0 Å². The van der Waals surface area contributed by atoms with Gasteiger partial charge >= 0.3 is 0 Å². The first kappa shape index (κ1) is 26.8. The maximum Gasteiger partial charge on any atom is 0.259 e. The molecule has 0 fully saturated rings. The molecule has 0 aliphatic carbocycles. The highest BCUT2D eigenvalue weighted by molar-refractivity contribution is 6.08. The van der Waals surface area contributed by atoms with E-state index in [4.69, 9.17) is 0 Å². The number of rotatable bonds is 10. The minimum Gasteiger partial charge on any atom is -0.507 e. The fraction of sp³-hybridized carbons (Fsp3) is 0.333. The third-order valence-corrected chi connectivity index (χ3v) is 6.51. The van der Waals surface area contributed by atoms with Gasteiger partial charge in [-0.25, -0.2) is 0 Å². The fourth-order valence-electron chi connectivity index (χ4n) is 4.53. The fourth-order valence-corrected chi connectivity index (χ4v) is 4.53. The molecule has 0 saturated heterocycles. The van der Waals surface area contributed by atoms with E-state index in [1.54, 1.807) is 48.5 Å². The Kier molecular flexibility index (Phi) is 9.12. The third-order valence-electron chi connectivity index (χ3n) is 6.51. The van der Waals surface area contributed by atoms with Crippen molar-refractivity contribution >= 4 is 23.2 Å². The number of aromatic hydroxyl groups is 2. The van der Waals surface area contributed by atoms with Gasteiger partial charge in [0, 0.05) is 11.4 Å². The number of amides is 2. The smallest absolute Gasteiger partial charge is 0.259 e. The molecule has 0 spiro atoms. The Hall–Kier alpha value is -3.80. The number of carbonyl (C=O) groups is 2. The van der Waals surface area contributed by atoms with Crippen LogP contribution in [0.4, 0.5) is 11.4 Å². The van der Waals surface area contributed by atoms with Gasteiger partial charge < -0.3 is 20.8 Å². The van der Waals surface area contributed by atoms with Gasteiger partial charge in [0.25, 0.3) is 11.8 Å². The van der Waals surface area contributed by atoms with Gasteiger partial charge in [0.05, 0.1) is 11.1 Å². The van der Waals surface area contributed by atoms with E-state index in [0.29, 0.717) is 11.4 Å². The SMILES string of the molecule is CCCC(C)c1cccc(C(=O)Nc2cccc(NC(=O)c3cccc(C(C)CCC)c3O)c2)c1O. The van der Waals surface area contributed by atoms with Crippen molar-refractivity contribution < 1.29 is 19.8 Å². The molecule has 4 N–H and O–H groups in total. The molecule has 0 aliphatic heterocycles. The van der Waals surface area contributed by atoms with Crippen LogP contribution in [0.3, 0.4) is 0 Å². The molecule has 3 aromatic carbocycles. The first-order valence-electron chi connectivity index (χ1n) is 12.6. The quantitative estimate of drug-likeness (QED) is 0.239. The van der Waals surface area contributed by atoms with E-state index < -0.39 is 11.8 Å². The Morgan fingerprint density at radius 2 is 1.08 bits per heavy atom. The molecule has 0 aliphatic rings. The third kappa shape index (κ3) is 6.25. The topological polar surface area (TPSA) is 98.7 Å². The van der Waals surface area contributed by atoms with E-state index in [1.165, 1.54) is 0 Å². The van der Waals surface area contributed by atoms with E-state index in [-0.39, 0.29) is 34.5 Å². The van der Waals surface area contributed by atoms with Crippen LogP contribution in [0.15, 0.2) is 60.7 Å². The summed E-state index contributed by atoms with van der Waals surface area (Å²) in [6.45, 7) is 8.23. The summed E-state index contributed by atoms with van der Waals surface area (Å²) in [5.41, 5.74) is 2.85. The lowest BCUT2D eigenvalue weighted by molar-refractivity contribution is 0.101. The first-order valence-corrected chi connectivity index (χ1v) is 12.6. The van der Waals surface area contributed by atoms with Crippen LogP contribution in [-0.4, -0.2) is 22.0 Å². The van der Waals surface area contributed by atoms with Crippen molar-refractivity contribution in [1.29, 1.82) is 0 Å². The van der Waals surface area contributed by atoms with Crippen molar-refractivity contribution in [3.63, 3.8) is 0 Å². The summed E-state index contributed by atoms with van der Waals surface area (Å²) >= 11 is 0. The Morgan fingerprint density at radius 3 is 1.47 bits per heavy atom. The molecule has 0 bridgehead atoms. The van der Waals surface area contributed by atoms with Gasteiger partial charge in [-0.3, -0.25) is 9.59 Å². The maximum atomic E-state index is 12.9. The molecule has 0 radical (unpaired) electrons. The highest BCUT2D eigenvalue weighted by atomic mass is 16.3. The van der Waals surface area contributed by atoms with Crippen molar-refractivity contribution in [3.8, 4) is 11.5 Å². The summed E-state index contributed by atoms with van der Waals surface area (Å²) in [6.07, 6.45) is 3.79. The van der Waals surface area contributed by atoms with Gasteiger partial charge in [0.2, 0.25) is 0 Å². The van der Waals surface area contributed by atoms with Gasteiger partial charge in [-0.15, -0.1) is 0 Å². The van der Waals surface area contributed by atoms with Crippen LogP contribution in [0.1, 0.15) is 97.1 Å². The van der Waals surface area contributed by atoms with E-state index in [2.05, 4.69) is 24.5 Å². The van der Waals surface area contributed by atoms with Crippen LogP contribution < -0.4 is 10.6 Å². The monoisotopic (exact) mass is 488 g/mol. The second-order valence-corrected chi connectivity index (χ2v) is 9.36. The second-order valence-electron chi connectivity index (χ2n) is 9.36. The predicted octanol–water partition coefficient (Wildman–Crippen LogP) is 7.41. The second kappa shape index (κ2) is 12.2. The minimum atomic E-state index is -0.434. The van der Waals surface area contributed by atoms with Crippen LogP contribution >= 0.6 is 0 Å². The molecule has 6 nitrogen and oxygen atoms in total. The van der Waals surface area contributed by atoms with Crippen LogP contribution in [-0.2, 0) is 0 Å². The molecule has 6 heteroatoms. The molecule has 2 atom stereocenters. The number of phenolic OH excluding ortho intramolecular Hbond substituents is 2. The van der Waals surface area contributed by atoms with Crippen molar-refractivity contribution in [3.05, 3.63) is 82.9 Å². The van der Waals surface area contributed by atoms with Crippen LogP contribution in [0.5, 0.6) is 11.5 Å². The Balaban J connectivity index is 1.76. The van der Waals surface area contributed by atoms with Crippen LogP contribution in [0.2, 0.25) is 0 Å². The summed E-state index contributed by atoms with van der Waals surface area (Å²) in [7, 11) is 0. The van der Waals surface area contributed by atoms with Gasteiger partial charge in [0.1, 0.15) is 11.5 Å². The lowest BCUT2D eigenvalue weighted by atomic mass is 9.93. The van der Waals surface area contributed by atoms with Gasteiger partial charge in [-0.1, -0.05) is 70.9 Å². The Bertz CT molecular complexity index is 1130. The zero-order valence-electron chi connectivity index (χ0n) is 21.5. The van der Waals surface area contributed by atoms with E-state index in [9.17, 15) is 19.8 Å². The molecular weight excluding hydrogens is 452 g/mol. The number of phenols is 2. The van der Waals surface area contributed by atoms with E-state index in [1.807, 2.05) is 26.0 Å². The molecule has 36 heavy (non-hydrogen) atoms. The highest BCUT2D eigenvalue weighted by Crippen LogP contribution is 2.33. The molecule has 2 amide bonds. The normalized spacial score (nSPS) is 12.6. The summed E-state index contributed by atoms with van der Waals surface area (Å²) in [4.78, 5) is 25.9. The Labute approximate surface area is 213 Å². The van der Waals surface area contributed by atoms with Gasteiger partial charge in [-0.2, -0.15) is 0 Å². The predicted molar refractivity (Wildman–Crippen MR) is 145 cm³/mol. The summed E-state index contributed by atoms with van der Waals surface area (Å²) in [5.74, 6) is -0.600. The van der Waals surface area contributed by atoms with Crippen molar-refractivity contribution in [2.75, 3.05) is 10.6 Å². The number of anilines is 2. The molecule has 190 valence electrons. The van der Waals surface area contributed by atoms with E-state index >= 15 is 0 Å². The van der Waals surface area contributed by atoms with Gasteiger partial charge in [-0.05, 0) is 66.1 Å². The average molecular weight is 489 g/mol. The largest absolute Gasteiger partial charge is 0.507 e. The van der Waals surface area contributed by atoms with Crippen molar-refractivity contribution in [2.45, 2.75) is 65.2 Å². The molecular formula is C30H36N2O4. The standard InChI is InChI=1S/C30H36N2O4/c1-5-10-19(3)23-14-8-16-25(27(23)33)29(35)31-21-12-7-13-22(18-21)32-30(36)26-17-9-15-24(28(26)34)20(4)11-6-2/h7-9,12-20,33-34H,5-6,10-11H2,1-4H3,(H,31,35)(H,32,36). The van der Waals surface area contributed by atoms with Gasteiger partial charge in [0.15, 0.2) is 0 Å². The number of carbonyl (C=O) groups excluding carboxylic acids is 2. The minimum absolute atomic E-state index is 0.00642. The zero-order chi connectivity index (χ0) is 26.2. The Morgan fingerprint density at radius 1 is 0.694 bits per heavy atom.